The molecule has 0 spiro atoms. The van der Waals surface area contributed by atoms with Crippen LogP contribution in [0.5, 0.6) is 0 Å². The van der Waals surface area contributed by atoms with E-state index in [9.17, 15) is 4.79 Å². The monoisotopic (exact) mass is 194 g/mol. The van der Waals surface area contributed by atoms with Crippen molar-refractivity contribution < 1.29 is 9.45 Å². The van der Waals surface area contributed by atoms with Gasteiger partial charge in [0.1, 0.15) is 0 Å². The number of carbonyl (C=O) groups is 1. The van der Waals surface area contributed by atoms with Crippen LogP contribution in [0.4, 0.5) is 0 Å². The van der Waals surface area contributed by atoms with Crippen molar-refractivity contribution in [3.05, 3.63) is 0 Å². The fraction of sp³-hybridized carbons (Fsp3) is 0.909. The summed E-state index contributed by atoms with van der Waals surface area (Å²) in [7, 11) is 0. The average Bonchev–Trinajstić information content (AvgIpc) is 2.17. The summed E-state index contributed by atoms with van der Waals surface area (Å²) >= 11 is 0. The minimum atomic E-state index is -0.00574. The molecule has 2 aliphatic heterocycles. The van der Waals surface area contributed by atoms with Crippen LogP contribution in [0.15, 0.2) is 0 Å². The van der Waals surface area contributed by atoms with E-state index in [2.05, 4.69) is 0 Å². The van der Waals surface area contributed by atoms with E-state index in [1.807, 2.05) is 6.92 Å². The second-order valence-electron chi connectivity index (χ2n) is 4.69. The molecule has 78 valence electrons. The lowest BCUT2D eigenvalue weighted by atomic mass is 9.38. The summed E-state index contributed by atoms with van der Waals surface area (Å²) in [4.78, 5) is 11.3. The minimum Gasteiger partial charge on any atom is -0.536 e. The van der Waals surface area contributed by atoms with Crippen LogP contribution in [0.25, 0.3) is 0 Å². The lowest BCUT2D eigenvalue weighted by Crippen LogP contribution is -2.38. The van der Waals surface area contributed by atoms with Gasteiger partial charge >= 0.3 is 6.92 Å². The second kappa shape index (κ2) is 4.37. The van der Waals surface area contributed by atoms with Crippen LogP contribution in [-0.2, 0) is 9.45 Å². The number of carbonyl (C=O) groups excluding carboxylic acids is 1. The van der Waals surface area contributed by atoms with Gasteiger partial charge in [0.15, 0.2) is 0 Å². The maximum absolute atomic E-state index is 11.3. The maximum Gasteiger partial charge on any atom is 0.367 e. The van der Waals surface area contributed by atoms with Crippen LogP contribution in [0.3, 0.4) is 0 Å². The molecule has 0 atom stereocenters. The van der Waals surface area contributed by atoms with Gasteiger partial charge in [-0.1, -0.05) is 45.4 Å². The Morgan fingerprint density at radius 3 is 2.14 bits per heavy atom. The summed E-state index contributed by atoms with van der Waals surface area (Å²) in [6, 6.07) is 0. The Bertz CT molecular complexity index is 195. The summed E-state index contributed by atoms with van der Waals surface area (Å²) in [6.07, 6.45) is 8.31. The molecule has 0 amide bonds. The first-order valence-electron chi connectivity index (χ1n) is 6.00. The molecule has 0 aromatic carbocycles. The summed E-state index contributed by atoms with van der Waals surface area (Å²) < 4.78 is 5.57. The lowest BCUT2D eigenvalue weighted by Gasteiger charge is -2.38. The van der Waals surface area contributed by atoms with Gasteiger partial charge in [-0.25, -0.2) is 0 Å². The molecule has 2 nitrogen and oxygen atoms in total. The third-order valence-corrected chi connectivity index (χ3v) is 3.79. The SMILES string of the molecule is CCC(=O)OB1C2CCCC1CCC2. The molecule has 0 aromatic rings. The molecule has 3 heteroatoms. The topological polar surface area (TPSA) is 26.3 Å². The third-order valence-electron chi connectivity index (χ3n) is 3.79. The molecule has 14 heavy (non-hydrogen) atoms. The van der Waals surface area contributed by atoms with E-state index in [4.69, 9.17) is 4.65 Å². The van der Waals surface area contributed by atoms with E-state index in [1.165, 1.54) is 38.5 Å². The largest absolute Gasteiger partial charge is 0.536 e. The van der Waals surface area contributed by atoms with Crippen molar-refractivity contribution in [3.8, 4) is 0 Å². The van der Waals surface area contributed by atoms with Crippen LogP contribution < -0.4 is 0 Å². The summed E-state index contributed by atoms with van der Waals surface area (Å²) in [5.41, 5.74) is 0. The van der Waals surface area contributed by atoms with Crippen molar-refractivity contribution in [2.75, 3.05) is 0 Å². The van der Waals surface area contributed by atoms with Gasteiger partial charge in [-0.05, 0) is 11.6 Å². The highest BCUT2D eigenvalue weighted by Crippen LogP contribution is 2.46. The molecule has 2 rings (SSSR count). The van der Waals surface area contributed by atoms with Gasteiger partial charge in [-0.2, -0.15) is 0 Å². The maximum atomic E-state index is 11.3. The van der Waals surface area contributed by atoms with Gasteiger partial charge < -0.3 is 4.65 Å². The smallest absolute Gasteiger partial charge is 0.367 e. The fourth-order valence-corrected chi connectivity index (χ4v) is 3.04. The molecule has 0 N–H and O–H groups in total. The van der Waals surface area contributed by atoms with Crippen molar-refractivity contribution in [1.29, 1.82) is 0 Å². The minimum absolute atomic E-state index is 0.00574. The highest BCUT2D eigenvalue weighted by atomic mass is 16.5. The fourth-order valence-electron chi connectivity index (χ4n) is 3.04. The molecule has 2 heterocycles. The molecular weight excluding hydrogens is 175 g/mol. The van der Waals surface area contributed by atoms with Crippen molar-refractivity contribution in [2.24, 2.45) is 0 Å². The predicted molar refractivity (Wildman–Crippen MR) is 57.3 cm³/mol. The Hall–Kier alpha value is -0.465. The van der Waals surface area contributed by atoms with Crippen molar-refractivity contribution in [2.45, 2.75) is 63.5 Å². The molecule has 2 saturated heterocycles. The number of fused-ring (bicyclic) bond motifs is 2. The highest BCUT2D eigenvalue weighted by Gasteiger charge is 2.43. The van der Waals surface area contributed by atoms with E-state index in [1.54, 1.807) is 0 Å². The van der Waals surface area contributed by atoms with Crippen LogP contribution >= 0.6 is 0 Å². The quantitative estimate of drug-likeness (QED) is 0.631. The molecule has 2 bridgehead atoms. The number of rotatable bonds is 2. The van der Waals surface area contributed by atoms with Gasteiger partial charge in [-0.15, -0.1) is 0 Å². The first-order valence-corrected chi connectivity index (χ1v) is 6.00. The van der Waals surface area contributed by atoms with Gasteiger partial charge in [0.25, 0.3) is 5.97 Å². The lowest BCUT2D eigenvalue weighted by molar-refractivity contribution is -0.134. The first-order chi connectivity index (χ1) is 6.81. The standard InChI is InChI=1S/C11H19BO2/c1-2-11(13)14-12-9-5-3-6-10(12)8-4-7-9/h9-10H,2-8H2,1H3. The van der Waals surface area contributed by atoms with Gasteiger partial charge in [0.2, 0.25) is 0 Å². The second-order valence-corrected chi connectivity index (χ2v) is 4.69. The Morgan fingerprint density at radius 1 is 1.21 bits per heavy atom. The van der Waals surface area contributed by atoms with E-state index in [-0.39, 0.29) is 12.9 Å². The van der Waals surface area contributed by atoms with E-state index < -0.39 is 0 Å². The first kappa shape index (κ1) is 10.1. The number of hydrogen-bond donors (Lipinski definition) is 0. The van der Waals surface area contributed by atoms with Crippen molar-refractivity contribution >= 4 is 12.9 Å². The normalized spacial score (nSPS) is 31.4. The molecule has 0 radical (unpaired) electrons. The third kappa shape index (κ3) is 1.96. The summed E-state index contributed by atoms with van der Waals surface area (Å²) in [5.74, 6) is 1.35. The van der Waals surface area contributed by atoms with Crippen LogP contribution in [0, 0.1) is 0 Å². The molecule has 0 aliphatic carbocycles. The Morgan fingerprint density at radius 2 is 1.71 bits per heavy atom. The summed E-state index contributed by atoms with van der Waals surface area (Å²) in [6.45, 7) is 2.14. The van der Waals surface area contributed by atoms with Crippen molar-refractivity contribution in [1.82, 2.24) is 0 Å². The predicted octanol–water partition coefficient (Wildman–Crippen LogP) is 3.04. The molecular formula is C11H19BO2. The molecule has 0 saturated carbocycles. The molecule has 0 unspecified atom stereocenters. The van der Waals surface area contributed by atoms with Crippen LogP contribution in [0.1, 0.15) is 51.9 Å². The van der Waals surface area contributed by atoms with Gasteiger partial charge in [-0.3, -0.25) is 4.79 Å². The van der Waals surface area contributed by atoms with E-state index in [0.717, 1.165) is 0 Å². The molecule has 0 aromatic heterocycles. The van der Waals surface area contributed by atoms with Crippen molar-refractivity contribution in [3.63, 3.8) is 0 Å². The Balaban J connectivity index is 1.98. The number of hydrogen-bond acceptors (Lipinski definition) is 2. The zero-order valence-corrected chi connectivity index (χ0v) is 9.00. The van der Waals surface area contributed by atoms with Gasteiger partial charge in [0.05, 0.1) is 0 Å². The zero-order chi connectivity index (χ0) is 9.97. The highest BCUT2D eigenvalue weighted by molar-refractivity contribution is 6.57. The molecule has 2 fully saturated rings. The van der Waals surface area contributed by atoms with E-state index in [0.29, 0.717) is 18.1 Å². The van der Waals surface area contributed by atoms with Crippen LogP contribution in [-0.4, -0.2) is 12.9 Å². The average molecular weight is 194 g/mol. The zero-order valence-electron chi connectivity index (χ0n) is 9.00. The van der Waals surface area contributed by atoms with E-state index >= 15 is 0 Å². The summed E-state index contributed by atoms with van der Waals surface area (Å²) in [5, 5.41) is 0. The van der Waals surface area contributed by atoms with Crippen LogP contribution in [0.2, 0.25) is 11.6 Å². The Labute approximate surface area is 86.5 Å². The molecule has 2 aliphatic rings. The Kier molecular flexibility index (Phi) is 3.14. The van der Waals surface area contributed by atoms with Gasteiger partial charge in [0, 0.05) is 6.42 Å².